The van der Waals surface area contributed by atoms with E-state index in [0.717, 1.165) is 32.1 Å². The van der Waals surface area contributed by atoms with E-state index in [4.69, 9.17) is 0 Å². The second kappa shape index (κ2) is 10.1. The Balaban J connectivity index is 1.38. The van der Waals surface area contributed by atoms with Gasteiger partial charge in [0, 0.05) is 43.3 Å². The van der Waals surface area contributed by atoms with E-state index in [-0.39, 0.29) is 22.8 Å². The Bertz CT molecular complexity index is 1100. The van der Waals surface area contributed by atoms with Gasteiger partial charge in [0.05, 0.1) is 4.90 Å². The molecular weight excluding hydrogens is 438 g/mol. The quantitative estimate of drug-likeness (QED) is 0.705. The molecule has 1 aliphatic carbocycles. The number of hydrogen-bond acceptors (Lipinski definition) is 4. The van der Waals surface area contributed by atoms with Crippen LogP contribution >= 0.6 is 0 Å². The van der Waals surface area contributed by atoms with Gasteiger partial charge in [-0.2, -0.15) is 0 Å². The molecule has 33 heavy (non-hydrogen) atoms. The SMILES string of the molecule is CCc1ccc(C(=O)N2CCN(C(=O)c3cccc(S(=O)(=O)NC4CCCC4)c3)CC2)cc1. The monoisotopic (exact) mass is 469 g/mol. The van der Waals surface area contributed by atoms with Crippen LogP contribution in [0.2, 0.25) is 0 Å². The van der Waals surface area contributed by atoms with Crippen LogP contribution in [0.15, 0.2) is 53.4 Å². The van der Waals surface area contributed by atoms with Crippen LogP contribution in [0.4, 0.5) is 0 Å². The average molecular weight is 470 g/mol. The number of sulfonamides is 1. The van der Waals surface area contributed by atoms with Gasteiger partial charge in [0.15, 0.2) is 0 Å². The summed E-state index contributed by atoms with van der Waals surface area (Å²) in [6.07, 6.45) is 4.69. The molecule has 0 atom stereocenters. The number of carbonyl (C=O) groups excluding carboxylic acids is 2. The maximum atomic E-state index is 13.0. The van der Waals surface area contributed by atoms with E-state index in [2.05, 4.69) is 11.6 Å². The molecule has 2 amide bonds. The van der Waals surface area contributed by atoms with Crippen LogP contribution in [-0.2, 0) is 16.4 Å². The van der Waals surface area contributed by atoms with Crippen molar-refractivity contribution in [3.05, 3.63) is 65.2 Å². The zero-order chi connectivity index (χ0) is 23.4. The second-order valence-corrected chi connectivity index (χ2v) is 10.5. The van der Waals surface area contributed by atoms with Gasteiger partial charge in [-0.1, -0.05) is 38.0 Å². The summed E-state index contributed by atoms with van der Waals surface area (Å²) in [4.78, 5) is 29.4. The van der Waals surface area contributed by atoms with Crippen molar-refractivity contribution < 1.29 is 18.0 Å². The molecule has 2 fully saturated rings. The van der Waals surface area contributed by atoms with Crippen LogP contribution in [0, 0.1) is 0 Å². The third kappa shape index (κ3) is 5.45. The Morgan fingerprint density at radius 2 is 1.45 bits per heavy atom. The van der Waals surface area contributed by atoms with Crippen molar-refractivity contribution in [2.45, 2.75) is 50.0 Å². The standard InChI is InChI=1S/C25H31N3O4S/c1-2-19-10-12-20(13-11-19)24(29)27-14-16-28(17-15-27)25(30)21-6-5-9-23(18-21)33(31,32)26-22-7-3-4-8-22/h5-6,9-13,18,22,26H,2-4,7-8,14-17H2,1H3. The smallest absolute Gasteiger partial charge is 0.254 e. The van der Waals surface area contributed by atoms with Gasteiger partial charge >= 0.3 is 0 Å². The van der Waals surface area contributed by atoms with E-state index < -0.39 is 10.0 Å². The molecule has 8 heteroatoms. The maximum Gasteiger partial charge on any atom is 0.254 e. The van der Waals surface area contributed by atoms with Crippen molar-refractivity contribution in [1.82, 2.24) is 14.5 Å². The number of piperazine rings is 1. The molecule has 1 saturated carbocycles. The van der Waals surface area contributed by atoms with Gasteiger partial charge in [0.1, 0.15) is 0 Å². The van der Waals surface area contributed by atoms with E-state index in [1.807, 2.05) is 24.3 Å². The van der Waals surface area contributed by atoms with Gasteiger partial charge in [-0.3, -0.25) is 9.59 Å². The first-order valence-electron chi connectivity index (χ1n) is 11.7. The number of carbonyl (C=O) groups is 2. The molecule has 1 N–H and O–H groups in total. The lowest BCUT2D eigenvalue weighted by atomic mass is 10.1. The second-order valence-electron chi connectivity index (χ2n) is 8.77. The van der Waals surface area contributed by atoms with E-state index in [0.29, 0.717) is 37.3 Å². The average Bonchev–Trinajstić information content (AvgIpc) is 3.36. The molecule has 2 aromatic carbocycles. The minimum atomic E-state index is -3.66. The minimum Gasteiger partial charge on any atom is -0.335 e. The molecule has 7 nitrogen and oxygen atoms in total. The van der Waals surface area contributed by atoms with Crippen molar-refractivity contribution >= 4 is 21.8 Å². The van der Waals surface area contributed by atoms with Crippen molar-refractivity contribution in [2.24, 2.45) is 0 Å². The van der Waals surface area contributed by atoms with Crippen molar-refractivity contribution in [2.75, 3.05) is 26.2 Å². The largest absolute Gasteiger partial charge is 0.335 e. The van der Waals surface area contributed by atoms with Gasteiger partial charge < -0.3 is 9.80 Å². The van der Waals surface area contributed by atoms with Crippen LogP contribution < -0.4 is 4.72 Å². The normalized spacial score (nSPS) is 17.4. The number of benzene rings is 2. The van der Waals surface area contributed by atoms with E-state index in [9.17, 15) is 18.0 Å². The van der Waals surface area contributed by atoms with Crippen molar-refractivity contribution in [1.29, 1.82) is 0 Å². The molecule has 4 rings (SSSR count). The third-order valence-electron chi connectivity index (χ3n) is 6.53. The lowest BCUT2D eigenvalue weighted by molar-refractivity contribution is 0.0535. The summed E-state index contributed by atoms with van der Waals surface area (Å²) in [6, 6.07) is 13.8. The summed E-state index contributed by atoms with van der Waals surface area (Å²) in [6.45, 7) is 3.79. The van der Waals surface area contributed by atoms with Gasteiger partial charge in [0.25, 0.3) is 11.8 Å². The Labute approximate surface area is 195 Å². The Morgan fingerprint density at radius 1 is 0.879 bits per heavy atom. The molecule has 0 bridgehead atoms. The van der Waals surface area contributed by atoms with Crippen molar-refractivity contribution in [3.63, 3.8) is 0 Å². The van der Waals surface area contributed by atoms with Gasteiger partial charge in [0.2, 0.25) is 10.0 Å². The number of hydrogen-bond donors (Lipinski definition) is 1. The summed E-state index contributed by atoms with van der Waals surface area (Å²) >= 11 is 0. The summed E-state index contributed by atoms with van der Waals surface area (Å²) in [5, 5.41) is 0. The molecule has 0 radical (unpaired) electrons. The van der Waals surface area contributed by atoms with E-state index in [1.165, 1.54) is 17.7 Å². The molecule has 0 spiro atoms. The summed E-state index contributed by atoms with van der Waals surface area (Å²) < 4.78 is 28.3. The van der Waals surface area contributed by atoms with Crippen LogP contribution in [0.3, 0.4) is 0 Å². The highest BCUT2D eigenvalue weighted by Crippen LogP contribution is 2.21. The fourth-order valence-electron chi connectivity index (χ4n) is 4.49. The molecular formula is C25H31N3O4S. The zero-order valence-electron chi connectivity index (χ0n) is 19.0. The number of amides is 2. The first-order chi connectivity index (χ1) is 15.9. The fraction of sp³-hybridized carbons (Fsp3) is 0.440. The van der Waals surface area contributed by atoms with Gasteiger partial charge in [-0.15, -0.1) is 0 Å². The minimum absolute atomic E-state index is 0.0295. The Kier molecular flexibility index (Phi) is 7.14. The van der Waals surface area contributed by atoms with Gasteiger partial charge in [-0.25, -0.2) is 13.1 Å². The third-order valence-corrected chi connectivity index (χ3v) is 8.05. The highest BCUT2D eigenvalue weighted by atomic mass is 32.2. The fourth-order valence-corrected chi connectivity index (χ4v) is 5.84. The highest BCUT2D eigenvalue weighted by Gasteiger charge is 2.27. The van der Waals surface area contributed by atoms with Crippen LogP contribution in [0.5, 0.6) is 0 Å². The summed E-state index contributed by atoms with van der Waals surface area (Å²) in [5.41, 5.74) is 2.18. The predicted octanol–water partition coefficient (Wildman–Crippen LogP) is 3.07. The molecule has 2 aliphatic rings. The zero-order valence-corrected chi connectivity index (χ0v) is 19.8. The predicted molar refractivity (Wildman–Crippen MR) is 127 cm³/mol. The molecule has 0 unspecified atom stereocenters. The van der Waals surface area contributed by atoms with Crippen molar-refractivity contribution in [3.8, 4) is 0 Å². The first kappa shape index (κ1) is 23.4. The topological polar surface area (TPSA) is 86.8 Å². The molecule has 1 aliphatic heterocycles. The molecule has 1 heterocycles. The number of aryl methyl sites for hydroxylation is 1. The maximum absolute atomic E-state index is 13.0. The lowest BCUT2D eigenvalue weighted by Crippen LogP contribution is -2.50. The van der Waals surface area contributed by atoms with E-state index in [1.54, 1.807) is 21.9 Å². The molecule has 176 valence electrons. The Morgan fingerprint density at radius 3 is 2.03 bits per heavy atom. The highest BCUT2D eigenvalue weighted by molar-refractivity contribution is 7.89. The summed E-state index contributed by atoms with van der Waals surface area (Å²) in [7, 11) is -3.66. The molecule has 2 aromatic rings. The molecule has 0 aromatic heterocycles. The Hall–Kier alpha value is -2.71. The van der Waals surface area contributed by atoms with Crippen LogP contribution in [0.25, 0.3) is 0 Å². The lowest BCUT2D eigenvalue weighted by Gasteiger charge is -2.35. The van der Waals surface area contributed by atoms with Crippen LogP contribution in [0.1, 0.15) is 58.9 Å². The molecule has 1 saturated heterocycles. The summed E-state index contributed by atoms with van der Waals surface area (Å²) in [5.74, 6) is -0.247. The van der Waals surface area contributed by atoms with Gasteiger partial charge in [-0.05, 0) is 55.2 Å². The van der Waals surface area contributed by atoms with E-state index >= 15 is 0 Å². The first-order valence-corrected chi connectivity index (χ1v) is 13.2. The van der Waals surface area contributed by atoms with Crippen LogP contribution in [-0.4, -0.2) is 62.3 Å². The number of nitrogens with zero attached hydrogens (tertiary/aromatic N) is 2. The number of rotatable bonds is 6. The number of nitrogens with one attached hydrogen (secondary N) is 1.